The van der Waals surface area contributed by atoms with Crippen molar-refractivity contribution in [3.63, 3.8) is 0 Å². The number of hydrogen-bond acceptors (Lipinski definition) is 5. The van der Waals surface area contributed by atoms with Crippen LogP contribution >= 0.6 is 0 Å². The fourth-order valence-electron chi connectivity index (χ4n) is 3.39. The van der Waals surface area contributed by atoms with Gasteiger partial charge in [0, 0.05) is 49.6 Å². The molecule has 2 atom stereocenters. The number of ether oxygens (including phenoxy) is 1. The molecule has 1 aliphatic carbocycles. The van der Waals surface area contributed by atoms with Gasteiger partial charge in [0.05, 0.1) is 6.10 Å². The number of anilines is 1. The van der Waals surface area contributed by atoms with Gasteiger partial charge in [0.15, 0.2) is 5.82 Å². The topological polar surface area (TPSA) is 95.1 Å². The summed E-state index contributed by atoms with van der Waals surface area (Å²) in [4.78, 5) is 16.7. The quantitative estimate of drug-likeness (QED) is 0.790. The molecule has 2 aromatic heterocycles. The Morgan fingerprint density at radius 2 is 2.12 bits per heavy atom. The molecule has 0 radical (unpaired) electrons. The largest absolute Gasteiger partial charge is 0.378 e. The van der Waals surface area contributed by atoms with Crippen molar-refractivity contribution in [1.29, 1.82) is 0 Å². The van der Waals surface area contributed by atoms with Crippen LogP contribution < -0.4 is 11.1 Å². The lowest BCUT2D eigenvalue weighted by Crippen LogP contribution is -2.74. The van der Waals surface area contributed by atoms with Crippen LogP contribution in [0.3, 0.4) is 0 Å². The average Bonchev–Trinajstić information content (AvgIpc) is 3.08. The lowest BCUT2D eigenvalue weighted by atomic mass is 9.54. The minimum atomic E-state index is -0.951. The fraction of sp³-hybridized carbons (Fsp3) is 0.526. The van der Waals surface area contributed by atoms with E-state index in [0.717, 1.165) is 13.0 Å². The predicted molar refractivity (Wildman–Crippen MR) is 99.5 cm³/mol. The van der Waals surface area contributed by atoms with Crippen LogP contribution in [0.2, 0.25) is 0 Å². The number of pyridine rings is 1. The Bertz CT molecular complexity index is 758. The Hall–Kier alpha value is -2.25. The van der Waals surface area contributed by atoms with Gasteiger partial charge in [-0.3, -0.25) is 14.5 Å². The maximum absolute atomic E-state index is 12.7. The second-order valence-corrected chi connectivity index (χ2v) is 7.36. The van der Waals surface area contributed by atoms with Crippen LogP contribution in [-0.2, 0) is 22.5 Å². The van der Waals surface area contributed by atoms with E-state index < -0.39 is 11.0 Å². The molecule has 1 fully saturated rings. The summed E-state index contributed by atoms with van der Waals surface area (Å²) in [6, 6.07) is 5.76. The molecule has 3 N–H and O–H groups in total. The third kappa shape index (κ3) is 3.37. The van der Waals surface area contributed by atoms with Gasteiger partial charge in [-0.25, -0.2) is 0 Å². The van der Waals surface area contributed by atoms with Crippen LogP contribution in [0, 0.1) is 5.41 Å². The second-order valence-electron chi connectivity index (χ2n) is 7.36. The summed E-state index contributed by atoms with van der Waals surface area (Å²) in [7, 11) is 0. The molecule has 0 aromatic carbocycles. The molecule has 26 heavy (non-hydrogen) atoms. The number of amides is 1. The molecule has 0 spiro atoms. The van der Waals surface area contributed by atoms with E-state index in [4.69, 9.17) is 10.5 Å². The summed E-state index contributed by atoms with van der Waals surface area (Å²) in [6.07, 6.45) is 6.78. The molecule has 7 nitrogen and oxygen atoms in total. The van der Waals surface area contributed by atoms with E-state index in [0.29, 0.717) is 18.8 Å². The monoisotopic (exact) mass is 357 g/mol. The van der Waals surface area contributed by atoms with E-state index in [2.05, 4.69) is 15.4 Å². The zero-order chi connectivity index (χ0) is 18.8. The van der Waals surface area contributed by atoms with Gasteiger partial charge in [-0.1, -0.05) is 13.8 Å². The Labute approximate surface area is 153 Å². The van der Waals surface area contributed by atoms with E-state index >= 15 is 0 Å². The molecule has 0 aliphatic heterocycles. The number of hydrogen-bond donors (Lipinski definition) is 2. The summed E-state index contributed by atoms with van der Waals surface area (Å²) < 4.78 is 7.50. The van der Waals surface area contributed by atoms with Gasteiger partial charge in [0.25, 0.3) is 0 Å². The highest BCUT2D eigenvalue weighted by molar-refractivity contribution is 5.99. The van der Waals surface area contributed by atoms with Gasteiger partial charge in [-0.15, -0.1) is 0 Å². The Morgan fingerprint density at radius 3 is 2.77 bits per heavy atom. The number of nitrogens with one attached hydrogen (secondary N) is 1. The highest BCUT2D eigenvalue weighted by Gasteiger charge is 2.62. The van der Waals surface area contributed by atoms with Crippen LogP contribution in [-0.4, -0.2) is 38.9 Å². The summed E-state index contributed by atoms with van der Waals surface area (Å²) in [5.41, 5.74) is 6.23. The van der Waals surface area contributed by atoms with Crippen LogP contribution in [0.1, 0.15) is 32.8 Å². The molecule has 0 saturated heterocycles. The second kappa shape index (κ2) is 7.17. The summed E-state index contributed by atoms with van der Waals surface area (Å²) >= 11 is 0. The molecule has 2 aromatic rings. The van der Waals surface area contributed by atoms with Crippen molar-refractivity contribution in [1.82, 2.24) is 14.8 Å². The van der Waals surface area contributed by atoms with Crippen molar-refractivity contribution in [3.05, 3.63) is 42.4 Å². The minimum Gasteiger partial charge on any atom is -0.378 e. The molecule has 1 saturated carbocycles. The lowest BCUT2D eigenvalue weighted by molar-refractivity contribution is -0.166. The zero-order valence-electron chi connectivity index (χ0n) is 15.6. The van der Waals surface area contributed by atoms with Crippen molar-refractivity contribution in [3.8, 4) is 0 Å². The SMILES string of the molecule is CCOC1CC(N)(C(=O)Nc2ccn(CCc3ccncc3)n2)C1(C)C. The normalized spacial score (nSPS) is 24.1. The standard InChI is InChI=1S/C19H27N5O2/c1-4-26-15-13-19(20,18(15,2)3)17(25)22-16-8-12-24(23-16)11-7-14-5-9-21-10-6-14/h5-6,8-10,12,15H,4,7,11,13,20H2,1-3H3,(H,22,23,25). The van der Waals surface area contributed by atoms with Gasteiger partial charge in [0.2, 0.25) is 5.91 Å². The minimum absolute atomic E-state index is 0.00108. The van der Waals surface area contributed by atoms with Crippen molar-refractivity contribution in [2.45, 2.75) is 51.8 Å². The maximum Gasteiger partial charge on any atom is 0.246 e. The summed E-state index contributed by atoms with van der Waals surface area (Å²) in [5, 5.41) is 7.28. The summed E-state index contributed by atoms with van der Waals surface area (Å²) in [5.74, 6) is 0.308. The highest BCUT2D eigenvalue weighted by atomic mass is 16.5. The number of nitrogens with two attached hydrogens (primary N) is 1. The molecule has 0 bridgehead atoms. The van der Waals surface area contributed by atoms with E-state index in [9.17, 15) is 4.79 Å². The number of nitrogens with zero attached hydrogens (tertiary/aromatic N) is 3. The first-order valence-corrected chi connectivity index (χ1v) is 9.01. The van der Waals surface area contributed by atoms with E-state index in [-0.39, 0.29) is 12.0 Å². The highest BCUT2D eigenvalue weighted by Crippen LogP contribution is 2.50. The zero-order valence-corrected chi connectivity index (χ0v) is 15.6. The molecular weight excluding hydrogens is 330 g/mol. The predicted octanol–water partition coefficient (Wildman–Crippen LogP) is 1.99. The molecule has 140 valence electrons. The Balaban J connectivity index is 1.58. The first-order valence-electron chi connectivity index (χ1n) is 9.01. The van der Waals surface area contributed by atoms with Crippen LogP contribution in [0.4, 0.5) is 5.82 Å². The molecule has 2 heterocycles. The van der Waals surface area contributed by atoms with E-state index in [1.54, 1.807) is 18.5 Å². The van der Waals surface area contributed by atoms with Crippen LogP contribution in [0.5, 0.6) is 0 Å². The van der Waals surface area contributed by atoms with Gasteiger partial charge < -0.3 is 15.8 Å². The van der Waals surface area contributed by atoms with Crippen molar-refractivity contribution in [2.24, 2.45) is 11.1 Å². The van der Waals surface area contributed by atoms with E-state index in [1.165, 1.54) is 5.56 Å². The Kier molecular flexibility index (Phi) is 5.11. The molecule has 1 amide bonds. The third-order valence-corrected chi connectivity index (χ3v) is 5.50. The number of carbonyl (C=O) groups is 1. The maximum atomic E-state index is 12.7. The lowest BCUT2D eigenvalue weighted by Gasteiger charge is -2.57. The van der Waals surface area contributed by atoms with Crippen LogP contribution in [0.15, 0.2) is 36.8 Å². The molecule has 3 rings (SSSR count). The Morgan fingerprint density at radius 1 is 1.38 bits per heavy atom. The van der Waals surface area contributed by atoms with Crippen molar-refractivity contribution < 1.29 is 9.53 Å². The van der Waals surface area contributed by atoms with Gasteiger partial charge in [-0.2, -0.15) is 5.10 Å². The van der Waals surface area contributed by atoms with Gasteiger partial charge in [-0.05, 0) is 31.0 Å². The number of aromatic nitrogens is 3. The first kappa shape index (κ1) is 18.5. The number of rotatable bonds is 7. The number of aryl methyl sites for hydroxylation is 2. The van der Waals surface area contributed by atoms with Gasteiger partial charge in [0.1, 0.15) is 5.54 Å². The number of carbonyl (C=O) groups excluding carboxylic acids is 1. The van der Waals surface area contributed by atoms with Gasteiger partial charge >= 0.3 is 0 Å². The van der Waals surface area contributed by atoms with Crippen LogP contribution in [0.25, 0.3) is 0 Å². The smallest absolute Gasteiger partial charge is 0.246 e. The molecular formula is C19H27N5O2. The molecule has 7 heteroatoms. The molecule has 1 aliphatic rings. The molecule has 2 unspecified atom stereocenters. The fourth-order valence-corrected chi connectivity index (χ4v) is 3.39. The average molecular weight is 357 g/mol. The third-order valence-electron chi connectivity index (χ3n) is 5.50. The summed E-state index contributed by atoms with van der Waals surface area (Å²) in [6.45, 7) is 7.25. The van der Waals surface area contributed by atoms with E-state index in [1.807, 2.05) is 43.8 Å². The van der Waals surface area contributed by atoms with Crippen molar-refractivity contribution >= 4 is 11.7 Å². The first-order chi connectivity index (χ1) is 12.4. The van der Waals surface area contributed by atoms with Crippen molar-refractivity contribution in [2.75, 3.05) is 11.9 Å².